The maximum Gasteiger partial charge on any atom is 0.306 e. The summed E-state index contributed by atoms with van der Waals surface area (Å²) >= 11 is 0. The van der Waals surface area contributed by atoms with E-state index in [-0.39, 0.29) is 12.2 Å². The van der Waals surface area contributed by atoms with Gasteiger partial charge in [-0.3, -0.25) is 9.63 Å². The van der Waals surface area contributed by atoms with E-state index < -0.39 is 24.9 Å². The lowest BCUT2D eigenvalue weighted by molar-refractivity contribution is -0.389. The number of amides is 1. The van der Waals surface area contributed by atoms with Gasteiger partial charge in [0.25, 0.3) is 12.3 Å². The van der Waals surface area contributed by atoms with E-state index in [0.29, 0.717) is 5.56 Å². The molecule has 5 nitrogen and oxygen atoms in total. The molecular weight excluding hydrogens is 332 g/mol. The van der Waals surface area contributed by atoms with Gasteiger partial charge in [-0.25, -0.2) is 8.78 Å². The molecule has 0 saturated carbocycles. The molecule has 132 valence electrons. The van der Waals surface area contributed by atoms with Crippen LogP contribution in [-0.2, 0) is 26.8 Å². The van der Waals surface area contributed by atoms with Crippen LogP contribution in [0.1, 0.15) is 21.5 Å². The van der Waals surface area contributed by atoms with Crippen LogP contribution in [-0.4, -0.2) is 31.1 Å². The Balaban J connectivity index is 1.92. The minimum absolute atomic E-state index is 0.0592. The van der Waals surface area contributed by atoms with E-state index in [1.54, 1.807) is 24.3 Å². The zero-order valence-electron chi connectivity index (χ0n) is 13.5. The van der Waals surface area contributed by atoms with Crippen molar-refractivity contribution in [3.8, 4) is 0 Å². The van der Waals surface area contributed by atoms with E-state index in [4.69, 9.17) is 14.3 Å². The molecule has 1 atom stereocenters. The smallest absolute Gasteiger partial charge is 0.306 e. The maximum absolute atomic E-state index is 12.7. The number of fused-ring (bicyclic) bond motifs is 1. The molecule has 0 aromatic heterocycles. The van der Waals surface area contributed by atoms with E-state index >= 15 is 0 Å². The van der Waals surface area contributed by atoms with Crippen molar-refractivity contribution in [3.05, 3.63) is 71.3 Å². The largest absolute Gasteiger partial charge is 0.331 e. The van der Waals surface area contributed by atoms with Crippen LogP contribution >= 0.6 is 0 Å². The third kappa shape index (κ3) is 3.26. The Hall–Kier alpha value is -2.35. The Morgan fingerprint density at radius 3 is 2.44 bits per heavy atom. The molecule has 0 saturated heterocycles. The second-order valence-electron chi connectivity index (χ2n) is 5.39. The average molecular weight is 349 g/mol. The maximum atomic E-state index is 12.7. The van der Waals surface area contributed by atoms with Crippen molar-refractivity contribution in [2.75, 3.05) is 13.7 Å². The van der Waals surface area contributed by atoms with Crippen molar-refractivity contribution in [2.45, 2.75) is 18.9 Å². The zero-order chi connectivity index (χ0) is 17.9. The van der Waals surface area contributed by atoms with Gasteiger partial charge in [-0.2, -0.15) is 5.06 Å². The van der Waals surface area contributed by atoms with Crippen LogP contribution in [0.3, 0.4) is 0 Å². The first-order chi connectivity index (χ1) is 12.1. The van der Waals surface area contributed by atoms with Crippen molar-refractivity contribution >= 4 is 5.91 Å². The molecule has 1 aliphatic rings. The van der Waals surface area contributed by atoms with Gasteiger partial charge in [0, 0.05) is 12.7 Å². The first-order valence-corrected chi connectivity index (χ1v) is 7.66. The van der Waals surface area contributed by atoms with Gasteiger partial charge in [0.15, 0.2) is 0 Å². The van der Waals surface area contributed by atoms with Gasteiger partial charge in [-0.1, -0.05) is 48.5 Å². The molecular formula is C18H17F2NO4. The number of nitrogens with zero attached hydrogens (tertiary/aromatic N) is 1. The fraction of sp³-hybridized carbons (Fsp3) is 0.278. The van der Waals surface area contributed by atoms with Crippen LogP contribution in [0.4, 0.5) is 8.78 Å². The minimum Gasteiger partial charge on any atom is -0.331 e. The number of benzene rings is 2. The highest BCUT2D eigenvalue weighted by molar-refractivity contribution is 5.98. The van der Waals surface area contributed by atoms with Crippen LogP contribution in [0.15, 0.2) is 54.6 Å². The van der Waals surface area contributed by atoms with Crippen LogP contribution in [0, 0.1) is 0 Å². The first-order valence-electron chi connectivity index (χ1n) is 7.66. The van der Waals surface area contributed by atoms with E-state index in [0.717, 1.165) is 10.6 Å². The quantitative estimate of drug-likeness (QED) is 0.720. The van der Waals surface area contributed by atoms with E-state index in [1.807, 2.05) is 30.3 Å². The van der Waals surface area contributed by atoms with Gasteiger partial charge < -0.3 is 9.47 Å². The lowest BCUT2D eigenvalue weighted by atomic mass is 10.1. The standard InChI is InChI=1S/C18H17F2NO4/c1-23-18(24-12-16(19)20)15-10-6-5-9-14(15)17(22)21(18)25-11-13-7-3-2-4-8-13/h2-10,16H,11-12H2,1H3. The van der Waals surface area contributed by atoms with Gasteiger partial charge >= 0.3 is 5.91 Å². The monoisotopic (exact) mass is 349 g/mol. The van der Waals surface area contributed by atoms with Crippen molar-refractivity contribution in [2.24, 2.45) is 0 Å². The van der Waals surface area contributed by atoms with Crippen molar-refractivity contribution in [1.82, 2.24) is 5.06 Å². The molecule has 2 aromatic rings. The molecule has 0 bridgehead atoms. The first kappa shape index (κ1) is 17.5. The number of halogens is 2. The Kier molecular flexibility index (Phi) is 5.08. The van der Waals surface area contributed by atoms with Crippen LogP contribution in [0.2, 0.25) is 0 Å². The Morgan fingerprint density at radius 1 is 1.08 bits per heavy atom. The molecule has 3 rings (SSSR count). The number of alkyl halides is 2. The summed E-state index contributed by atoms with van der Waals surface area (Å²) in [5.41, 5.74) is 1.42. The highest BCUT2D eigenvalue weighted by atomic mass is 19.3. The third-order valence-corrected chi connectivity index (χ3v) is 3.83. The lowest BCUT2D eigenvalue weighted by Crippen LogP contribution is -2.48. The van der Waals surface area contributed by atoms with Crippen LogP contribution in [0.25, 0.3) is 0 Å². The van der Waals surface area contributed by atoms with Gasteiger partial charge in [0.1, 0.15) is 13.2 Å². The molecule has 0 radical (unpaired) electrons. The molecule has 0 N–H and O–H groups in total. The van der Waals surface area contributed by atoms with E-state index in [2.05, 4.69) is 0 Å². The number of hydrogen-bond acceptors (Lipinski definition) is 4. The van der Waals surface area contributed by atoms with Crippen LogP contribution in [0.5, 0.6) is 0 Å². The fourth-order valence-corrected chi connectivity index (χ4v) is 2.72. The van der Waals surface area contributed by atoms with E-state index in [9.17, 15) is 13.6 Å². The average Bonchev–Trinajstić information content (AvgIpc) is 2.88. The molecule has 0 fully saturated rings. The number of rotatable bonds is 7. The van der Waals surface area contributed by atoms with Gasteiger partial charge in [-0.15, -0.1) is 0 Å². The second-order valence-corrected chi connectivity index (χ2v) is 5.39. The minimum atomic E-state index is -2.72. The Bertz CT molecular complexity index is 741. The van der Waals surface area contributed by atoms with Crippen molar-refractivity contribution in [1.29, 1.82) is 0 Å². The highest BCUT2D eigenvalue weighted by Gasteiger charge is 2.53. The molecule has 1 amide bonds. The molecule has 1 unspecified atom stereocenters. The summed E-state index contributed by atoms with van der Waals surface area (Å²) < 4.78 is 36.1. The summed E-state index contributed by atoms with van der Waals surface area (Å²) in [5, 5.41) is 0.882. The number of methoxy groups -OCH3 is 1. The number of ether oxygens (including phenoxy) is 2. The van der Waals surface area contributed by atoms with Crippen LogP contribution < -0.4 is 0 Å². The molecule has 7 heteroatoms. The molecule has 2 aromatic carbocycles. The second kappa shape index (κ2) is 7.26. The normalized spacial score (nSPS) is 19.5. The predicted molar refractivity (Wildman–Crippen MR) is 84.5 cm³/mol. The molecule has 0 aliphatic carbocycles. The number of carbonyl (C=O) groups is 1. The van der Waals surface area contributed by atoms with E-state index in [1.165, 1.54) is 7.11 Å². The summed E-state index contributed by atoms with van der Waals surface area (Å²) in [4.78, 5) is 18.3. The predicted octanol–water partition coefficient (Wildman–Crippen LogP) is 3.31. The molecule has 0 spiro atoms. The summed E-state index contributed by atoms with van der Waals surface area (Å²) in [6, 6.07) is 15.7. The van der Waals surface area contributed by atoms with Crippen molar-refractivity contribution in [3.63, 3.8) is 0 Å². The summed E-state index contributed by atoms with van der Waals surface area (Å²) in [5.74, 6) is -2.36. The number of hydroxylamine groups is 2. The van der Waals surface area contributed by atoms with Gasteiger partial charge in [-0.05, 0) is 11.6 Å². The highest BCUT2D eigenvalue weighted by Crippen LogP contribution is 2.41. The van der Waals surface area contributed by atoms with Gasteiger partial charge in [0.05, 0.1) is 5.56 Å². The summed E-state index contributed by atoms with van der Waals surface area (Å²) in [6.07, 6.45) is -2.72. The molecule has 25 heavy (non-hydrogen) atoms. The topological polar surface area (TPSA) is 48.0 Å². The third-order valence-electron chi connectivity index (χ3n) is 3.83. The van der Waals surface area contributed by atoms with Crippen molar-refractivity contribution < 1.29 is 27.9 Å². The SMILES string of the molecule is COC1(OCC(F)F)c2ccccc2C(=O)N1OCc1ccccc1. The lowest BCUT2D eigenvalue weighted by Gasteiger charge is -2.35. The molecule has 1 aliphatic heterocycles. The van der Waals surface area contributed by atoms with Gasteiger partial charge in [0.2, 0.25) is 0 Å². The molecule has 1 heterocycles. The summed E-state index contributed by atoms with van der Waals surface area (Å²) in [6.45, 7) is -0.843. The Labute approximate surface area is 143 Å². The number of carbonyl (C=O) groups excluding carboxylic acids is 1. The summed E-state index contributed by atoms with van der Waals surface area (Å²) in [7, 11) is 1.28. The fourth-order valence-electron chi connectivity index (χ4n) is 2.72. The Morgan fingerprint density at radius 2 is 1.76 bits per heavy atom. The zero-order valence-corrected chi connectivity index (χ0v) is 13.5. The number of hydrogen-bond donors (Lipinski definition) is 0.